The van der Waals surface area contributed by atoms with Crippen LogP contribution in [0.15, 0.2) is 12.2 Å². The van der Waals surface area contributed by atoms with Crippen LogP contribution in [-0.2, 0) is 23.8 Å². The summed E-state index contributed by atoms with van der Waals surface area (Å²) in [6.07, 6.45) is 50.8. The van der Waals surface area contributed by atoms with Gasteiger partial charge in [-0.1, -0.05) is 219 Å². The van der Waals surface area contributed by atoms with Crippen LogP contribution in [0, 0.1) is 0 Å². The lowest BCUT2D eigenvalue weighted by molar-refractivity contribution is -0.163. The molecule has 1 atom stereocenters. The van der Waals surface area contributed by atoms with E-state index >= 15 is 0 Å². The third kappa shape index (κ3) is 43.4. The maximum absolute atomic E-state index is 12.6. The monoisotopic (exact) mass is 763 g/mol. The molecule has 0 amide bonds. The van der Waals surface area contributed by atoms with E-state index in [1.54, 1.807) is 0 Å². The number of carbonyl (C=O) groups is 2. The average Bonchev–Trinajstić information content (AvgIpc) is 3.17. The second-order valence-electron chi connectivity index (χ2n) is 16.4. The van der Waals surface area contributed by atoms with Gasteiger partial charge in [0.25, 0.3) is 0 Å². The number of hydrogen-bond donors (Lipinski definition) is 0. The van der Waals surface area contributed by atoms with E-state index in [-0.39, 0.29) is 18.5 Å². The molecular formula is C49H94O5. The Labute approximate surface area is 337 Å². The van der Waals surface area contributed by atoms with Gasteiger partial charge in [-0.25, -0.2) is 0 Å². The van der Waals surface area contributed by atoms with Gasteiger partial charge in [-0.05, 0) is 44.9 Å². The van der Waals surface area contributed by atoms with Gasteiger partial charge in [0.1, 0.15) is 6.61 Å². The molecule has 0 heterocycles. The molecular weight excluding hydrogens is 669 g/mol. The van der Waals surface area contributed by atoms with E-state index in [2.05, 4.69) is 32.9 Å². The Balaban J connectivity index is 4.10. The Hall–Kier alpha value is -1.36. The van der Waals surface area contributed by atoms with Crippen molar-refractivity contribution in [2.24, 2.45) is 0 Å². The second-order valence-corrected chi connectivity index (χ2v) is 16.4. The van der Waals surface area contributed by atoms with Crippen LogP contribution in [-0.4, -0.2) is 37.9 Å². The van der Waals surface area contributed by atoms with Gasteiger partial charge in [0.15, 0.2) is 6.10 Å². The molecule has 0 N–H and O–H groups in total. The topological polar surface area (TPSA) is 61.8 Å². The highest BCUT2D eigenvalue weighted by molar-refractivity contribution is 5.70. The Bertz CT molecular complexity index is 780. The molecule has 0 aliphatic heterocycles. The normalized spacial score (nSPS) is 12.1. The minimum absolute atomic E-state index is 0.0889. The molecule has 0 radical (unpaired) electrons. The van der Waals surface area contributed by atoms with E-state index in [9.17, 15) is 9.59 Å². The van der Waals surface area contributed by atoms with Crippen LogP contribution in [0.3, 0.4) is 0 Å². The summed E-state index contributed by atoms with van der Waals surface area (Å²) in [5.41, 5.74) is 0. The molecule has 0 spiro atoms. The fourth-order valence-corrected chi connectivity index (χ4v) is 7.15. The molecule has 0 aliphatic carbocycles. The summed E-state index contributed by atoms with van der Waals surface area (Å²) in [5, 5.41) is 0. The predicted octanol–water partition coefficient (Wildman–Crippen LogP) is 15.9. The van der Waals surface area contributed by atoms with Gasteiger partial charge in [0, 0.05) is 19.4 Å². The molecule has 0 saturated carbocycles. The number of carbonyl (C=O) groups excluding carboxylic acids is 2. The Morgan fingerprint density at radius 2 is 0.722 bits per heavy atom. The largest absolute Gasteiger partial charge is 0.462 e. The third-order valence-corrected chi connectivity index (χ3v) is 10.8. The maximum Gasteiger partial charge on any atom is 0.306 e. The summed E-state index contributed by atoms with van der Waals surface area (Å²) in [6.45, 7) is 7.83. The van der Waals surface area contributed by atoms with Crippen molar-refractivity contribution in [3.63, 3.8) is 0 Å². The third-order valence-electron chi connectivity index (χ3n) is 10.8. The fourth-order valence-electron chi connectivity index (χ4n) is 7.15. The summed E-state index contributed by atoms with van der Waals surface area (Å²) < 4.78 is 17.3. The first-order chi connectivity index (χ1) is 26.6. The maximum atomic E-state index is 12.6. The van der Waals surface area contributed by atoms with Gasteiger partial charge in [0.2, 0.25) is 0 Å². The highest BCUT2D eigenvalue weighted by atomic mass is 16.6. The summed E-state index contributed by atoms with van der Waals surface area (Å²) >= 11 is 0. The molecule has 0 aromatic rings. The number of esters is 2. The molecule has 0 aliphatic rings. The summed E-state index contributed by atoms with van der Waals surface area (Å²) in [5.74, 6) is -0.397. The number of allylic oxidation sites excluding steroid dienone is 2. The van der Waals surface area contributed by atoms with Crippen LogP contribution in [0.2, 0.25) is 0 Å². The Morgan fingerprint density at radius 1 is 0.389 bits per heavy atom. The van der Waals surface area contributed by atoms with E-state index in [1.165, 1.54) is 193 Å². The van der Waals surface area contributed by atoms with E-state index in [0.29, 0.717) is 26.1 Å². The molecule has 54 heavy (non-hydrogen) atoms. The predicted molar refractivity (Wildman–Crippen MR) is 233 cm³/mol. The van der Waals surface area contributed by atoms with Crippen molar-refractivity contribution >= 4 is 11.9 Å². The zero-order chi connectivity index (χ0) is 39.3. The van der Waals surface area contributed by atoms with Crippen molar-refractivity contribution in [3.8, 4) is 0 Å². The van der Waals surface area contributed by atoms with E-state index in [4.69, 9.17) is 14.2 Å². The zero-order valence-electron chi connectivity index (χ0n) is 36.8. The van der Waals surface area contributed by atoms with Crippen molar-refractivity contribution in [2.75, 3.05) is 19.8 Å². The van der Waals surface area contributed by atoms with Crippen LogP contribution in [0.1, 0.15) is 265 Å². The molecule has 0 aromatic carbocycles. The molecule has 1 unspecified atom stereocenters. The quantitative estimate of drug-likeness (QED) is 0.0351. The van der Waals surface area contributed by atoms with E-state index in [0.717, 1.165) is 38.5 Å². The smallest absolute Gasteiger partial charge is 0.306 e. The molecule has 5 nitrogen and oxygen atoms in total. The van der Waals surface area contributed by atoms with Crippen LogP contribution in [0.25, 0.3) is 0 Å². The molecule has 0 bridgehead atoms. The Morgan fingerprint density at radius 3 is 1.13 bits per heavy atom. The van der Waals surface area contributed by atoms with Gasteiger partial charge in [0.05, 0.1) is 6.61 Å². The first-order valence-electron chi connectivity index (χ1n) is 24.2. The van der Waals surface area contributed by atoms with Crippen molar-refractivity contribution in [1.29, 1.82) is 0 Å². The summed E-state index contributed by atoms with van der Waals surface area (Å²) in [4.78, 5) is 25.1. The highest BCUT2D eigenvalue weighted by Gasteiger charge is 2.17. The lowest BCUT2D eigenvalue weighted by atomic mass is 10.0. The van der Waals surface area contributed by atoms with Crippen molar-refractivity contribution in [1.82, 2.24) is 0 Å². The number of hydrogen-bond acceptors (Lipinski definition) is 5. The highest BCUT2D eigenvalue weighted by Crippen LogP contribution is 2.15. The minimum Gasteiger partial charge on any atom is -0.462 e. The van der Waals surface area contributed by atoms with E-state index in [1.807, 2.05) is 0 Å². The van der Waals surface area contributed by atoms with Crippen molar-refractivity contribution in [3.05, 3.63) is 12.2 Å². The average molecular weight is 763 g/mol. The lowest BCUT2D eigenvalue weighted by Crippen LogP contribution is -2.30. The first-order valence-corrected chi connectivity index (χ1v) is 24.2. The SMILES string of the molecule is CCCCCCCC/C=C\CCCCCCCC(=O)OCC(COCCCCCCCCCCCCCCCCCC)OC(=O)CCCCCCCCC. The molecule has 0 rings (SSSR count). The molecule has 320 valence electrons. The molecule has 0 saturated heterocycles. The van der Waals surface area contributed by atoms with Crippen LogP contribution in [0.5, 0.6) is 0 Å². The van der Waals surface area contributed by atoms with E-state index < -0.39 is 6.10 Å². The fraction of sp³-hybridized carbons (Fsp3) is 0.918. The van der Waals surface area contributed by atoms with Gasteiger partial charge in [-0.15, -0.1) is 0 Å². The Kier molecular flexibility index (Phi) is 44.9. The molecule has 0 fully saturated rings. The second kappa shape index (κ2) is 46.0. The van der Waals surface area contributed by atoms with Crippen molar-refractivity contribution in [2.45, 2.75) is 271 Å². The van der Waals surface area contributed by atoms with Crippen LogP contribution in [0.4, 0.5) is 0 Å². The summed E-state index contributed by atoms with van der Waals surface area (Å²) in [7, 11) is 0. The van der Waals surface area contributed by atoms with Gasteiger partial charge in [-0.3, -0.25) is 9.59 Å². The molecule has 5 heteroatoms. The van der Waals surface area contributed by atoms with Gasteiger partial charge in [-0.2, -0.15) is 0 Å². The van der Waals surface area contributed by atoms with Crippen molar-refractivity contribution < 1.29 is 23.8 Å². The number of rotatable bonds is 45. The van der Waals surface area contributed by atoms with Gasteiger partial charge >= 0.3 is 11.9 Å². The van der Waals surface area contributed by atoms with Gasteiger partial charge < -0.3 is 14.2 Å². The minimum atomic E-state index is -0.527. The standard InChI is InChI=1S/C49H94O5/c1-4-7-10-13-16-18-20-22-24-26-28-30-32-35-38-41-44-52-45-47(54-49(51)43-40-37-33-15-12-9-6-3)46-53-48(50)42-39-36-34-31-29-27-25-23-21-19-17-14-11-8-5-2/h23,25,47H,4-22,24,26-46H2,1-3H3/b25-23-. The van der Waals surface area contributed by atoms with Crippen LogP contribution < -0.4 is 0 Å². The number of ether oxygens (including phenoxy) is 3. The lowest BCUT2D eigenvalue weighted by Gasteiger charge is -2.18. The first kappa shape index (κ1) is 52.6. The number of unbranched alkanes of at least 4 members (excludes halogenated alkanes) is 32. The summed E-state index contributed by atoms with van der Waals surface area (Å²) in [6, 6.07) is 0. The zero-order valence-corrected chi connectivity index (χ0v) is 36.8. The molecule has 0 aromatic heterocycles. The van der Waals surface area contributed by atoms with Crippen LogP contribution >= 0.6 is 0 Å².